The quantitative estimate of drug-likeness (QED) is 0.811. The number of carboxylic acid groups (broad SMARTS) is 1. The molecule has 2 N–H and O–H groups in total. The molecule has 0 unspecified atom stereocenters. The third kappa shape index (κ3) is 2.57. The van der Waals surface area contributed by atoms with Crippen LogP contribution in [0.1, 0.15) is 10.4 Å². The number of aromatic nitrogens is 1. The number of hydrogen-bond acceptors (Lipinski definition) is 4. The van der Waals surface area contributed by atoms with Gasteiger partial charge in [-0.15, -0.1) is 11.8 Å². The summed E-state index contributed by atoms with van der Waals surface area (Å²) in [6.07, 6.45) is 0. The average molecular weight is 249 g/mol. The van der Waals surface area contributed by atoms with Gasteiger partial charge in [-0.1, -0.05) is 18.2 Å². The molecule has 0 saturated carbocycles. The highest BCUT2D eigenvalue weighted by Crippen LogP contribution is 2.24. The second-order valence-corrected chi connectivity index (χ2v) is 4.49. The fraction of sp³-hybridized carbons (Fsp3) is 0.167. The standard InChI is InChI=1S/C12H11NO3S/c14-5-6-17-11-9(12(15)16)7-8-3-1-2-4-10(8)13-11/h1-4,7,14H,5-6H2,(H,15,16). The molecule has 0 bridgehead atoms. The first kappa shape index (κ1) is 11.9. The summed E-state index contributed by atoms with van der Waals surface area (Å²) in [7, 11) is 0. The van der Waals surface area contributed by atoms with E-state index in [1.54, 1.807) is 6.07 Å². The topological polar surface area (TPSA) is 70.4 Å². The Balaban J connectivity index is 2.54. The Bertz CT molecular complexity index is 556. The zero-order valence-electron chi connectivity index (χ0n) is 8.96. The molecule has 4 nitrogen and oxygen atoms in total. The molecule has 5 heteroatoms. The second-order valence-electron chi connectivity index (χ2n) is 3.41. The average Bonchev–Trinajstić information content (AvgIpc) is 2.35. The van der Waals surface area contributed by atoms with E-state index in [0.717, 1.165) is 10.9 Å². The maximum absolute atomic E-state index is 11.1. The minimum Gasteiger partial charge on any atom is -0.478 e. The van der Waals surface area contributed by atoms with E-state index in [0.29, 0.717) is 10.8 Å². The van der Waals surface area contributed by atoms with Gasteiger partial charge in [-0.2, -0.15) is 0 Å². The predicted molar refractivity (Wildman–Crippen MR) is 66.5 cm³/mol. The van der Waals surface area contributed by atoms with E-state index in [4.69, 9.17) is 10.2 Å². The highest BCUT2D eigenvalue weighted by atomic mass is 32.2. The largest absolute Gasteiger partial charge is 0.478 e. The molecule has 0 amide bonds. The van der Waals surface area contributed by atoms with Crippen LogP contribution in [0.3, 0.4) is 0 Å². The van der Waals surface area contributed by atoms with Crippen LogP contribution in [-0.4, -0.2) is 33.5 Å². The number of aromatic carboxylic acids is 1. The first-order valence-corrected chi connectivity index (χ1v) is 6.07. The van der Waals surface area contributed by atoms with Crippen molar-refractivity contribution in [1.82, 2.24) is 4.98 Å². The Kier molecular flexibility index (Phi) is 3.61. The number of rotatable bonds is 4. The van der Waals surface area contributed by atoms with Crippen molar-refractivity contribution in [3.8, 4) is 0 Å². The zero-order chi connectivity index (χ0) is 12.3. The van der Waals surface area contributed by atoms with Crippen molar-refractivity contribution in [2.24, 2.45) is 0 Å². The van der Waals surface area contributed by atoms with E-state index in [9.17, 15) is 4.79 Å². The van der Waals surface area contributed by atoms with Crippen LogP contribution in [0.25, 0.3) is 10.9 Å². The van der Waals surface area contributed by atoms with Crippen LogP contribution in [0, 0.1) is 0 Å². The number of para-hydroxylation sites is 1. The molecule has 17 heavy (non-hydrogen) atoms. The van der Waals surface area contributed by atoms with Crippen molar-refractivity contribution in [3.05, 3.63) is 35.9 Å². The number of hydrogen-bond donors (Lipinski definition) is 2. The number of aliphatic hydroxyl groups excluding tert-OH is 1. The maximum atomic E-state index is 11.1. The molecule has 0 aliphatic rings. The highest BCUT2D eigenvalue weighted by molar-refractivity contribution is 7.99. The lowest BCUT2D eigenvalue weighted by molar-refractivity contribution is 0.0692. The molecule has 0 atom stereocenters. The van der Waals surface area contributed by atoms with Crippen LogP contribution in [0.15, 0.2) is 35.4 Å². The third-order valence-electron chi connectivity index (χ3n) is 2.25. The third-order valence-corrected chi connectivity index (χ3v) is 3.22. The van der Waals surface area contributed by atoms with E-state index < -0.39 is 5.97 Å². The number of carboxylic acids is 1. The van der Waals surface area contributed by atoms with Gasteiger partial charge in [0.2, 0.25) is 0 Å². The summed E-state index contributed by atoms with van der Waals surface area (Å²) in [5.41, 5.74) is 0.945. The molecule has 1 aromatic carbocycles. The van der Waals surface area contributed by atoms with Gasteiger partial charge >= 0.3 is 5.97 Å². The van der Waals surface area contributed by atoms with E-state index in [2.05, 4.69) is 4.98 Å². The molecule has 1 heterocycles. The van der Waals surface area contributed by atoms with Crippen LogP contribution in [0.4, 0.5) is 0 Å². The fourth-order valence-corrected chi connectivity index (χ4v) is 2.25. The fourth-order valence-electron chi connectivity index (χ4n) is 1.50. The van der Waals surface area contributed by atoms with E-state index in [-0.39, 0.29) is 12.2 Å². The van der Waals surface area contributed by atoms with Crippen LogP contribution in [-0.2, 0) is 0 Å². The number of pyridine rings is 1. The van der Waals surface area contributed by atoms with Gasteiger partial charge in [0.15, 0.2) is 0 Å². The lowest BCUT2D eigenvalue weighted by atomic mass is 10.1. The molecule has 2 rings (SSSR count). The Morgan fingerprint density at radius 1 is 1.35 bits per heavy atom. The molecule has 88 valence electrons. The van der Waals surface area contributed by atoms with Gasteiger partial charge in [-0.05, 0) is 12.1 Å². The Labute approximate surface area is 102 Å². The van der Waals surface area contributed by atoms with Crippen molar-refractivity contribution in [2.45, 2.75) is 5.03 Å². The van der Waals surface area contributed by atoms with Gasteiger partial charge in [0.25, 0.3) is 0 Å². The van der Waals surface area contributed by atoms with Gasteiger partial charge in [0.05, 0.1) is 17.7 Å². The molecule has 0 spiro atoms. The van der Waals surface area contributed by atoms with Crippen LogP contribution in [0.2, 0.25) is 0 Å². The number of carbonyl (C=O) groups is 1. The number of thioether (sulfide) groups is 1. The summed E-state index contributed by atoms with van der Waals surface area (Å²) in [4.78, 5) is 15.4. The monoisotopic (exact) mass is 249 g/mol. The van der Waals surface area contributed by atoms with Crippen molar-refractivity contribution in [2.75, 3.05) is 12.4 Å². The summed E-state index contributed by atoms with van der Waals surface area (Å²) < 4.78 is 0. The Morgan fingerprint density at radius 2 is 2.12 bits per heavy atom. The van der Waals surface area contributed by atoms with E-state index in [1.165, 1.54) is 11.8 Å². The van der Waals surface area contributed by atoms with Crippen LogP contribution < -0.4 is 0 Å². The van der Waals surface area contributed by atoms with Crippen LogP contribution >= 0.6 is 11.8 Å². The first-order chi connectivity index (χ1) is 8.22. The number of nitrogens with zero attached hydrogens (tertiary/aromatic N) is 1. The summed E-state index contributed by atoms with van der Waals surface area (Å²) in [5, 5.41) is 19.1. The highest BCUT2D eigenvalue weighted by Gasteiger charge is 2.13. The predicted octanol–water partition coefficient (Wildman–Crippen LogP) is 2.02. The van der Waals surface area contributed by atoms with Crippen molar-refractivity contribution < 1.29 is 15.0 Å². The van der Waals surface area contributed by atoms with Gasteiger partial charge in [-0.3, -0.25) is 0 Å². The summed E-state index contributed by atoms with van der Waals surface area (Å²) in [6.45, 7) is -0.00175. The van der Waals surface area contributed by atoms with Gasteiger partial charge in [0, 0.05) is 11.1 Å². The summed E-state index contributed by atoms with van der Waals surface area (Å²) in [5.74, 6) is -0.560. The van der Waals surface area contributed by atoms with Crippen molar-refractivity contribution >= 4 is 28.6 Å². The molecule has 1 aromatic heterocycles. The molecule has 2 aromatic rings. The Morgan fingerprint density at radius 3 is 2.82 bits per heavy atom. The summed E-state index contributed by atoms with van der Waals surface area (Å²) in [6, 6.07) is 8.98. The minimum atomic E-state index is -0.997. The molecular weight excluding hydrogens is 238 g/mol. The van der Waals surface area contributed by atoms with Gasteiger partial charge in [-0.25, -0.2) is 9.78 Å². The molecule has 0 radical (unpaired) electrons. The molecule has 0 aliphatic carbocycles. The lowest BCUT2D eigenvalue weighted by Crippen LogP contribution is -2.02. The molecule has 0 fully saturated rings. The normalized spacial score (nSPS) is 10.6. The lowest BCUT2D eigenvalue weighted by Gasteiger charge is -2.06. The van der Waals surface area contributed by atoms with Gasteiger partial charge < -0.3 is 10.2 Å². The van der Waals surface area contributed by atoms with Crippen LogP contribution in [0.5, 0.6) is 0 Å². The van der Waals surface area contributed by atoms with Crippen molar-refractivity contribution in [1.29, 1.82) is 0 Å². The zero-order valence-corrected chi connectivity index (χ0v) is 9.78. The molecule has 0 saturated heterocycles. The number of benzene rings is 1. The Hall–Kier alpha value is -1.59. The van der Waals surface area contributed by atoms with Gasteiger partial charge in [0.1, 0.15) is 5.03 Å². The van der Waals surface area contributed by atoms with Crippen molar-refractivity contribution in [3.63, 3.8) is 0 Å². The number of fused-ring (bicyclic) bond motifs is 1. The minimum absolute atomic E-state index is 0.00175. The molecule has 0 aliphatic heterocycles. The second kappa shape index (κ2) is 5.16. The maximum Gasteiger partial charge on any atom is 0.338 e. The summed E-state index contributed by atoms with van der Waals surface area (Å²) >= 11 is 1.25. The first-order valence-electron chi connectivity index (χ1n) is 5.09. The SMILES string of the molecule is O=C(O)c1cc2ccccc2nc1SCCO. The van der Waals surface area contributed by atoms with E-state index in [1.807, 2.05) is 24.3 Å². The molecular formula is C12H11NO3S. The number of aliphatic hydroxyl groups is 1. The smallest absolute Gasteiger partial charge is 0.338 e. The van der Waals surface area contributed by atoms with E-state index >= 15 is 0 Å².